The van der Waals surface area contributed by atoms with Crippen LogP contribution in [0.15, 0.2) is 35.0 Å². The number of nitrogens with zero attached hydrogens (tertiary/aromatic N) is 4. The fraction of sp³-hybridized carbons (Fsp3) is 0.444. The minimum atomic E-state index is -0.0991. The van der Waals surface area contributed by atoms with E-state index in [4.69, 9.17) is 9.26 Å². The summed E-state index contributed by atoms with van der Waals surface area (Å²) in [5, 5.41) is 14.4. The molecule has 1 saturated carbocycles. The maximum atomic E-state index is 5.93. The van der Waals surface area contributed by atoms with Crippen LogP contribution in [-0.4, -0.2) is 26.9 Å². The Kier molecular flexibility index (Phi) is 4.21. The second kappa shape index (κ2) is 6.65. The summed E-state index contributed by atoms with van der Waals surface area (Å²) < 4.78 is 11.4. The molecule has 0 bridgehead atoms. The third-order valence-corrected chi connectivity index (χ3v) is 4.64. The Morgan fingerprint density at radius 3 is 2.92 bits per heavy atom. The summed E-state index contributed by atoms with van der Waals surface area (Å²) in [6.45, 7) is 2.64. The first-order valence-corrected chi connectivity index (χ1v) is 8.53. The van der Waals surface area contributed by atoms with Gasteiger partial charge in [0.15, 0.2) is 5.69 Å². The van der Waals surface area contributed by atoms with Gasteiger partial charge in [-0.2, -0.15) is 10.1 Å². The van der Waals surface area contributed by atoms with Gasteiger partial charge in [-0.05, 0) is 25.7 Å². The molecule has 4 rings (SSSR count). The van der Waals surface area contributed by atoms with E-state index < -0.39 is 0 Å². The first-order valence-electron chi connectivity index (χ1n) is 8.53. The lowest BCUT2D eigenvalue weighted by atomic mass is 10.0. The van der Waals surface area contributed by atoms with Gasteiger partial charge in [0.2, 0.25) is 5.82 Å². The quantitative estimate of drug-likeness (QED) is 0.707. The molecule has 0 aliphatic heterocycles. The van der Waals surface area contributed by atoms with Crippen LogP contribution in [0.5, 0.6) is 0 Å². The van der Waals surface area contributed by atoms with Gasteiger partial charge in [0.1, 0.15) is 6.10 Å². The first-order chi connectivity index (χ1) is 11.9. The molecule has 2 aromatic heterocycles. The van der Waals surface area contributed by atoms with Crippen LogP contribution in [0.1, 0.15) is 44.5 Å². The van der Waals surface area contributed by atoms with E-state index in [1.54, 1.807) is 6.20 Å². The third-order valence-electron chi connectivity index (χ3n) is 4.64. The number of rotatable bonds is 5. The normalized spacial score (nSPS) is 16.7. The molecular weight excluding hydrogens is 304 g/mol. The van der Waals surface area contributed by atoms with Gasteiger partial charge in [0.05, 0.1) is 6.20 Å². The molecule has 1 aromatic carbocycles. The number of hydrogen-bond donors (Lipinski definition) is 0. The van der Waals surface area contributed by atoms with Crippen LogP contribution in [0.25, 0.3) is 22.4 Å². The highest BCUT2D eigenvalue weighted by atomic mass is 16.5. The molecule has 0 saturated heterocycles. The maximum absolute atomic E-state index is 5.93. The minimum Gasteiger partial charge on any atom is -0.370 e. The molecule has 2 heterocycles. The van der Waals surface area contributed by atoms with Crippen LogP contribution in [-0.2, 0) is 4.74 Å². The van der Waals surface area contributed by atoms with Gasteiger partial charge in [-0.15, -0.1) is 5.10 Å². The molecule has 124 valence electrons. The zero-order chi connectivity index (χ0) is 16.4. The molecule has 6 nitrogen and oxygen atoms in total. The van der Waals surface area contributed by atoms with Crippen molar-refractivity contribution in [3.63, 3.8) is 0 Å². The molecule has 1 fully saturated rings. The molecule has 1 atom stereocenters. The van der Waals surface area contributed by atoms with Gasteiger partial charge in [0, 0.05) is 17.4 Å². The Morgan fingerprint density at radius 2 is 2.08 bits per heavy atom. The van der Waals surface area contributed by atoms with Crippen LogP contribution >= 0.6 is 0 Å². The summed E-state index contributed by atoms with van der Waals surface area (Å²) in [6.07, 6.45) is 6.43. The molecule has 0 spiro atoms. The first kappa shape index (κ1) is 15.2. The van der Waals surface area contributed by atoms with Crippen molar-refractivity contribution in [3.8, 4) is 11.6 Å². The summed E-state index contributed by atoms with van der Waals surface area (Å²) in [5.74, 6) is 1.49. The summed E-state index contributed by atoms with van der Waals surface area (Å²) in [6, 6.07) is 7.91. The highest BCUT2D eigenvalue weighted by Gasteiger charge is 2.31. The Hall–Kier alpha value is -2.34. The predicted octanol–water partition coefficient (Wildman–Crippen LogP) is 3.95. The lowest BCUT2D eigenvalue weighted by Gasteiger charge is -2.19. The Morgan fingerprint density at radius 1 is 1.25 bits per heavy atom. The SMILES string of the molecule is CCOC(c1noc(-c2nncc3ccccc23)n1)C1CCCC1. The van der Waals surface area contributed by atoms with Gasteiger partial charge in [0.25, 0.3) is 5.89 Å². The van der Waals surface area contributed by atoms with Crippen LogP contribution in [0.3, 0.4) is 0 Å². The zero-order valence-electron chi connectivity index (χ0n) is 13.7. The van der Waals surface area contributed by atoms with E-state index in [0.29, 0.717) is 29.9 Å². The smallest absolute Gasteiger partial charge is 0.279 e. The molecule has 1 unspecified atom stereocenters. The number of benzene rings is 1. The summed E-state index contributed by atoms with van der Waals surface area (Å²) in [4.78, 5) is 4.59. The summed E-state index contributed by atoms with van der Waals surface area (Å²) in [5.41, 5.74) is 0.619. The highest BCUT2D eigenvalue weighted by molar-refractivity contribution is 5.91. The maximum Gasteiger partial charge on any atom is 0.279 e. The standard InChI is InChI=1S/C18H20N4O2/c1-2-23-16(12-7-3-4-8-12)17-20-18(24-22-17)15-14-10-6-5-9-13(14)11-19-21-15/h5-6,9-12,16H,2-4,7-8H2,1H3. The molecule has 3 aromatic rings. The van der Waals surface area contributed by atoms with Crippen LogP contribution < -0.4 is 0 Å². The second-order valence-electron chi connectivity index (χ2n) is 6.16. The number of aromatic nitrogens is 4. The monoisotopic (exact) mass is 324 g/mol. The second-order valence-corrected chi connectivity index (χ2v) is 6.16. The van der Waals surface area contributed by atoms with Gasteiger partial charge in [-0.3, -0.25) is 0 Å². The fourth-order valence-corrected chi connectivity index (χ4v) is 3.49. The van der Waals surface area contributed by atoms with E-state index in [2.05, 4.69) is 20.3 Å². The highest BCUT2D eigenvalue weighted by Crippen LogP contribution is 2.37. The predicted molar refractivity (Wildman–Crippen MR) is 89.2 cm³/mol. The van der Waals surface area contributed by atoms with E-state index in [1.807, 2.05) is 31.2 Å². The molecule has 1 aliphatic carbocycles. The van der Waals surface area contributed by atoms with Crippen molar-refractivity contribution in [1.29, 1.82) is 0 Å². The molecular formula is C18H20N4O2. The average molecular weight is 324 g/mol. The molecule has 0 radical (unpaired) electrons. The molecule has 6 heteroatoms. The fourth-order valence-electron chi connectivity index (χ4n) is 3.49. The number of hydrogen-bond acceptors (Lipinski definition) is 6. The lowest BCUT2D eigenvalue weighted by molar-refractivity contribution is 0.0127. The lowest BCUT2D eigenvalue weighted by Crippen LogP contribution is -2.15. The van der Waals surface area contributed by atoms with Crippen molar-refractivity contribution in [2.45, 2.75) is 38.7 Å². The molecule has 24 heavy (non-hydrogen) atoms. The largest absolute Gasteiger partial charge is 0.370 e. The zero-order valence-corrected chi connectivity index (χ0v) is 13.7. The summed E-state index contributed by atoms with van der Waals surface area (Å²) in [7, 11) is 0. The topological polar surface area (TPSA) is 73.9 Å². The number of ether oxygens (including phenoxy) is 1. The van der Waals surface area contributed by atoms with Crippen molar-refractivity contribution >= 4 is 10.8 Å². The van der Waals surface area contributed by atoms with Crippen LogP contribution in [0.4, 0.5) is 0 Å². The van der Waals surface area contributed by atoms with E-state index in [-0.39, 0.29) is 6.10 Å². The Bertz CT molecular complexity index is 821. The van der Waals surface area contributed by atoms with E-state index >= 15 is 0 Å². The van der Waals surface area contributed by atoms with Crippen molar-refractivity contribution in [2.24, 2.45) is 5.92 Å². The van der Waals surface area contributed by atoms with Crippen molar-refractivity contribution in [3.05, 3.63) is 36.3 Å². The molecule has 0 amide bonds. The van der Waals surface area contributed by atoms with Crippen LogP contribution in [0, 0.1) is 5.92 Å². The van der Waals surface area contributed by atoms with Crippen molar-refractivity contribution in [1.82, 2.24) is 20.3 Å². The van der Waals surface area contributed by atoms with Gasteiger partial charge in [-0.25, -0.2) is 0 Å². The summed E-state index contributed by atoms with van der Waals surface area (Å²) >= 11 is 0. The average Bonchev–Trinajstić information content (AvgIpc) is 3.31. The third kappa shape index (κ3) is 2.78. The van der Waals surface area contributed by atoms with E-state index in [0.717, 1.165) is 23.6 Å². The van der Waals surface area contributed by atoms with Gasteiger partial charge >= 0.3 is 0 Å². The van der Waals surface area contributed by atoms with Gasteiger partial charge < -0.3 is 9.26 Å². The van der Waals surface area contributed by atoms with Crippen molar-refractivity contribution < 1.29 is 9.26 Å². The van der Waals surface area contributed by atoms with Crippen LogP contribution in [0.2, 0.25) is 0 Å². The van der Waals surface area contributed by atoms with E-state index in [1.165, 1.54) is 12.8 Å². The minimum absolute atomic E-state index is 0.0991. The van der Waals surface area contributed by atoms with Crippen molar-refractivity contribution in [2.75, 3.05) is 6.61 Å². The Balaban J connectivity index is 1.70. The van der Waals surface area contributed by atoms with Gasteiger partial charge in [-0.1, -0.05) is 42.3 Å². The molecule has 1 aliphatic rings. The van der Waals surface area contributed by atoms with E-state index in [9.17, 15) is 0 Å². The number of fused-ring (bicyclic) bond motifs is 1. The Labute approximate surface area is 140 Å². The molecule has 0 N–H and O–H groups in total.